The second-order valence-corrected chi connectivity index (χ2v) is 4.84. The Morgan fingerprint density at radius 1 is 1.69 bits per heavy atom. The quantitative estimate of drug-likeness (QED) is 0.777. The maximum atomic E-state index is 11.2. The van der Waals surface area contributed by atoms with Crippen molar-refractivity contribution in [1.29, 1.82) is 0 Å². The summed E-state index contributed by atoms with van der Waals surface area (Å²) in [6.45, 7) is 1.56. The Labute approximate surface area is 97.8 Å². The van der Waals surface area contributed by atoms with Crippen LogP contribution in [0.25, 0.3) is 0 Å². The van der Waals surface area contributed by atoms with Crippen LogP contribution in [0.1, 0.15) is 17.8 Å². The largest absolute Gasteiger partial charge is 0.368 e. The zero-order valence-electron chi connectivity index (χ0n) is 9.14. The predicted molar refractivity (Wildman–Crippen MR) is 62.1 cm³/mol. The highest BCUT2D eigenvalue weighted by molar-refractivity contribution is 7.15. The average Bonchev–Trinajstić information content (AvgIpc) is 2.87. The summed E-state index contributed by atoms with van der Waals surface area (Å²) < 4.78 is 0. The van der Waals surface area contributed by atoms with Gasteiger partial charge in [0.15, 0.2) is 0 Å². The van der Waals surface area contributed by atoms with E-state index in [4.69, 9.17) is 5.73 Å². The van der Waals surface area contributed by atoms with Crippen LogP contribution in [0.15, 0.2) is 0 Å². The Balaban J connectivity index is 2.00. The number of likely N-dealkylation sites (tertiary alicyclic amines) is 1. The highest BCUT2D eigenvalue weighted by Crippen LogP contribution is 2.22. The molecule has 1 aromatic rings. The molecule has 0 spiro atoms. The minimum absolute atomic E-state index is 0.137. The van der Waals surface area contributed by atoms with Gasteiger partial charge in [0.1, 0.15) is 5.01 Å². The molecule has 2 rings (SSSR count). The van der Waals surface area contributed by atoms with Gasteiger partial charge in [0.05, 0.1) is 12.6 Å². The summed E-state index contributed by atoms with van der Waals surface area (Å²) in [5.74, 6) is -0.240. The fourth-order valence-corrected chi connectivity index (χ4v) is 2.65. The highest BCUT2D eigenvalue weighted by Gasteiger charge is 2.29. The molecule has 1 fully saturated rings. The van der Waals surface area contributed by atoms with E-state index in [1.165, 1.54) is 11.3 Å². The Kier molecular flexibility index (Phi) is 3.35. The fraction of sp³-hybridized carbons (Fsp3) is 0.667. The summed E-state index contributed by atoms with van der Waals surface area (Å²) in [5, 5.41) is 12.7. The summed E-state index contributed by atoms with van der Waals surface area (Å²) in [7, 11) is 1.81. The van der Waals surface area contributed by atoms with Crippen LogP contribution in [-0.4, -0.2) is 40.6 Å². The second-order valence-electron chi connectivity index (χ2n) is 3.78. The molecule has 6 nitrogen and oxygen atoms in total. The van der Waals surface area contributed by atoms with Crippen molar-refractivity contribution in [3.63, 3.8) is 0 Å². The first-order valence-electron chi connectivity index (χ1n) is 5.24. The van der Waals surface area contributed by atoms with Crippen molar-refractivity contribution in [1.82, 2.24) is 15.1 Å². The molecule has 1 unspecified atom stereocenters. The van der Waals surface area contributed by atoms with Gasteiger partial charge in [-0.1, -0.05) is 11.3 Å². The number of carbonyl (C=O) groups is 1. The molecule has 1 aliphatic rings. The van der Waals surface area contributed by atoms with Crippen molar-refractivity contribution in [2.75, 3.05) is 18.9 Å². The minimum atomic E-state index is -0.240. The van der Waals surface area contributed by atoms with Gasteiger partial charge in [0.2, 0.25) is 11.0 Å². The van der Waals surface area contributed by atoms with Crippen molar-refractivity contribution in [2.45, 2.75) is 25.4 Å². The van der Waals surface area contributed by atoms with E-state index < -0.39 is 0 Å². The number of aromatic nitrogens is 2. The van der Waals surface area contributed by atoms with Crippen LogP contribution in [0, 0.1) is 0 Å². The monoisotopic (exact) mass is 241 g/mol. The number of amides is 1. The van der Waals surface area contributed by atoms with E-state index in [0.717, 1.165) is 29.5 Å². The number of rotatable bonds is 4. The maximum Gasteiger partial charge on any atom is 0.234 e. The molecule has 1 amide bonds. The van der Waals surface area contributed by atoms with Gasteiger partial charge in [-0.05, 0) is 19.4 Å². The summed E-state index contributed by atoms with van der Waals surface area (Å²) in [4.78, 5) is 13.3. The van der Waals surface area contributed by atoms with Crippen LogP contribution in [0.2, 0.25) is 0 Å². The van der Waals surface area contributed by atoms with E-state index in [2.05, 4.69) is 20.4 Å². The van der Waals surface area contributed by atoms with E-state index >= 15 is 0 Å². The first-order valence-corrected chi connectivity index (χ1v) is 6.06. The number of anilines is 1. The first kappa shape index (κ1) is 11.3. The summed E-state index contributed by atoms with van der Waals surface area (Å²) >= 11 is 1.51. The predicted octanol–water partition coefficient (Wildman–Crippen LogP) is 0.0295. The Bertz CT molecular complexity index is 380. The molecule has 3 N–H and O–H groups in total. The molecule has 1 atom stereocenters. The van der Waals surface area contributed by atoms with Crippen LogP contribution in [0.4, 0.5) is 5.13 Å². The van der Waals surface area contributed by atoms with Crippen molar-refractivity contribution in [2.24, 2.45) is 5.73 Å². The summed E-state index contributed by atoms with van der Waals surface area (Å²) in [5.41, 5.74) is 5.35. The van der Waals surface area contributed by atoms with Crippen LogP contribution in [0.3, 0.4) is 0 Å². The second kappa shape index (κ2) is 4.75. The molecule has 0 bridgehead atoms. The molecule has 0 aromatic carbocycles. The lowest BCUT2D eigenvalue weighted by molar-refractivity contribution is -0.122. The van der Waals surface area contributed by atoms with Crippen molar-refractivity contribution >= 4 is 22.4 Å². The fourth-order valence-electron chi connectivity index (χ4n) is 1.93. The van der Waals surface area contributed by atoms with E-state index in [0.29, 0.717) is 6.54 Å². The van der Waals surface area contributed by atoms with Crippen molar-refractivity contribution in [3.05, 3.63) is 5.01 Å². The van der Waals surface area contributed by atoms with Crippen molar-refractivity contribution in [3.8, 4) is 0 Å². The van der Waals surface area contributed by atoms with Gasteiger partial charge in [-0.3, -0.25) is 9.69 Å². The normalized spacial score (nSPS) is 21.2. The smallest absolute Gasteiger partial charge is 0.234 e. The number of nitrogens with two attached hydrogens (primary N) is 1. The SMILES string of the molecule is CNc1nnc(CN2CCCC2C(N)=O)s1. The summed E-state index contributed by atoms with van der Waals surface area (Å²) in [6.07, 6.45) is 1.87. The highest BCUT2D eigenvalue weighted by atomic mass is 32.1. The van der Waals surface area contributed by atoms with Gasteiger partial charge < -0.3 is 11.1 Å². The Morgan fingerprint density at radius 3 is 3.12 bits per heavy atom. The van der Waals surface area contributed by atoms with Crippen LogP contribution in [0.5, 0.6) is 0 Å². The topological polar surface area (TPSA) is 84.1 Å². The lowest BCUT2D eigenvalue weighted by atomic mass is 10.2. The standard InChI is InChI=1S/C9H15N5OS/c1-11-9-13-12-7(16-9)5-14-4-2-3-6(14)8(10)15/h6H,2-5H2,1H3,(H2,10,15)(H,11,13). The van der Waals surface area contributed by atoms with Gasteiger partial charge in [0, 0.05) is 7.05 Å². The lowest BCUT2D eigenvalue weighted by Gasteiger charge is -2.19. The number of carbonyl (C=O) groups excluding carboxylic acids is 1. The molecule has 2 heterocycles. The molecular weight excluding hydrogens is 226 g/mol. The zero-order valence-corrected chi connectivity index (χ0v) is 9.96. The van der Waals surface area contributed by atoms with Crippen LogP contribution >= 0.6 is 11.3 Å². The molecule has 88 valence electrons. The van der Waals surface area contributed by atoms with Gasteiger partial charge in [-0.25, -0.2) is 0 Å². The third-order valence-corrected chi connectivity index (χ3v) is 3.64. The number of hydrogen-bond donors (Lipinski definition) is 2. The molecule has 0 saturated carbocycles. The maximum absolute atomic E-state index is 11.2. The number of nitrogens with one attached hydrogen (secondary N) is 1. The van der Waals surface area contributed by atoms with E-state index in [1.54, 1.807) is 0 Å². The van der Waals surface area contributed by atoms with Crippen LogP contribution < -0.4 is 11.1 Å². The molecule has 0 radical (unpaired) electrons. The molecule has 0 aliphatic carbocycles. The Morgan fingerprint density at radius 2 is 2.50 bits per heavy atom. The number of primary amides is 1. The Hall–Kier alpha value is -1.21. The van der Waals surface area contributed by atoms with Crippen LogP contribution in [-0.2, 0) is 11.3 Å². The molecule has 1 saturated heterocycles. The molecular formula is C9H15N5OS. The average molecular weight is 241 g/mol. The van der Waals surface area contributed by atoms with Crippen molar-refractivity contribution < 1.29 is 4.79 Å². The molecule has 1 aliphatic heterocycles. The number of hydrogen-bond acceptors (Lipinski definition) is 6. The van der Waals surface area contributed by atoms with E-state index in [9.17, 15) is 4.79 Å². The van der Waals surface area contributed by atoms with E-state index in [-0.39, 0.29) is 11.9 Å². The van der Waals surface area contributed by atoms with Gasteiger partial charge in [0.25, 0.3) is 0 Å². The van der Waals surface area contributed by atoms with E-state index in [1.807, 2.05) is 7.05 Å². The molecule has 16 heavy (non-hydrogen) atoms. The minimum Gasteiger partial charge on any atom is -0.368 e. The van der Waals surface area contributed by atoms with Gasteiger partial charge >= 0.3 is 0 Å². The summed E-state index contributed by atoms with van der Waals surface area (Å²) in [6, 6.07) is -0.137. The number of nitrogens with zero attached hydrogens (tertiary/aromatic N) is 3. The lowest BCUT2D eigenvalue weighted by Crippen LogP contribution is -2.39. The molecule has 7 heteroatoms. The zero-order chi connectivity index (χ0) is 11.5. The third kappa shape index (κ3) is 2.30. The van der Waals surface area contributed by atoms with Gasteiger partial charge in [-0.2, -0.15) is 0 Å². The van der Waals surface area contributed by atoms with Gasteiger partial charge in [-0.15, -0.1) is 10.2 Å². The first-order chi connectivity index (χ1) is 7.70. The third-order valence-electron chi connectivity index (χ3n) is 2.71. The molecule has 1 aromatic heterocycles.